The summed E-state index contributed by atoms with van der Waals surface area (Å²) < 4.78 is 0. The minimum Gasteiger partial charge on any atom is -0.387 e. The molecule has 0 aromatic rings. The molecule has 1 atom stereocenters. The summed E-state index contributed by atoms with van der Waals surface area (Å²) in [5, 5.41) is 3.54. The number of allylic oxidation sites excluding steroid dienone is 1. The van der Waals surface area contributed by atoms with Crippen LogP contribution in [0.2, 0.25) is 0 Å². The third-order valence-electron chi connectivity index (χ3n) is 3.37. The van der Waals surface area contributed by atoms with Crippen LogP contribution in [0.15, 0.2) is 16.8 Å². The largest absolute Gasteiger partial charge is 0.387 e. The number of nitrogens with one attached hydrogen (secondary N) is 1. The van der Waals surface area contributed by atoms with Gasteiger partial charge >= 0.3 is 0 Å². The van der Waals surface area contributed by atoms with Gasteiger partial charge < -0.3 is 11.1 Å². The number of hydrogen-bond donors (Lipinski definition) is 2. The Bertz CT molecular complexity index is 290. The van der Waals surface area contributed by atoms with Gasteiger partial charge in [-0.2, -0.15) is 0 Å². The molecule has 0 aliphatic carbocycles. The number of nitrogens with zero attached hydrogens (tertiary/aromatic N) is 1. The van der Waals surface area contributed by atoms with Crippen molar-refractivity contribution in [2.24, 2.45) is 22.6 Å². The van der Waals surface area contributed by atoms with Crippen molar-refractivity contribution in [1.29, 1.82) is 0 Å². The van der Waals surface area contributed by atoms with Crippen LogP contribution in [0.4, 0.5) is 0 Å². The van der Waals surface area contributed by atoms with Gasteiger partial charge in [-0.05, 0) is 31.2 Å². The molecule has 3 nitrogen and oxygen atoms in total. The SMILES string of the molecule is CC(C)NCC(CC1=CN=C(N)CC1)C(C)C. The molecule has 0 bridgehead atoms. The highest BCUT2D eigenvalue weighted by Gasteiger charge is 2.17. The number of nitrogens with two attached hydrogens (primary N) is 1. The minimum absolute atomic E-state index is 0.560. The zero-order valence-electron chi connectivity index (χ0n) is 11.7. The second kappa shape index (κ2) is 6.80. The van der Waals surface area contributed by atoms with Crippen molar-refractivity contribution >= 4 is 5.84 Å². The molecule has 17 heavy (non-hydrogen) atoms. The lowest BCUT2D eigenvalue weighted by Gasteiger charge is -2.24. The Balaban J connectivity index is 2.49. The molecule has 0 spiro atoms. The average Bonchev–Trinajstić information content (AvgIpc) is 2.26. The van der Waals surface area contributed by atoms with Crippen LogP contribution in [0.25, 0.3) is 0 Å². The van der Waals surface area contributed by atoms with E-state index in [1.165, 1.54) is 5.57 Å². The summed E-state index contributed by atoms with van der Waals surface area (Å²) in [4.78, 5) is 4.23. The number of amidine groups is 1. The Labute approximate surface area is 106 Å². The summed E-state index contributed by atoms with van der Waals surface area (Å²) in [5.41, 5.74) is 7.13. The van der Waals surface area contributed by atoms with Gasteiger partial charge in [0.25, 0.3) is 0 Å². The van der Waals surface area contributed by atoms with Gasteiger partial charge in [-0.25, -0.2) is 4.99 Å². The van der Waals surface area contributed by atoms with Gasteiger partial charge in [0.15, 0.2) is 0 Å². The van der Waals surface area contributed by atoms with Crippen LogP contribution in [0.3, 0.4) is 0 Å². The highest BCUT2D eigenvalue weighted by molar-refractivity contribution is 5.81. The monoisotopic (exact) mass is 237 g/mol. The molecule has 0 saturated carbocycles. The standard InChI is InChI=1S/C14H27N3/c1-10(2)13(9-16-11(3)4)7-12-5-6-14(15)17-8-12/h8,10-11,13,16H,5-7,9H2,1-4H3,(H2,15,17). The first-order valence-electron chi connectivity index (χ1n) is 6.72. The van der Waals surface area contributed by atoms with Crippen molar-refractivity contribution in [2.75, 3.05) is 6.54 Å². The maximum Gasteiger partial charge on any atom is 0.0992 e. The Morgan fingerprint density at radius 3 is 2.47 bits per heavy atom. The van der Waals surface area contributed by atoms with Crippen LogP contribution in [-0.2, 0) is 0 Å². The molecule has 3 heteroatoms. The third kappa shape index (κ3) is 5.35. The first-order valence-corrected chi connectivity index (χ1v) is 6.72. The average molecular weight is 237 g/mol. The Hall–Kier alpha value is -0.830. The lowest BCUT2D eigenvalue weighted by Crippen LogP contribution is -2.31. The van der Waals surface area contributed by atoms with Gasteiger partial charge in [0.2, 0.25) is 0 Å². The zero-order chi connectivity index (χ0) is 12.8. The van der Waals surface area contributed by atoms with E-state index < -0.39 is 0 Å². The van der Waals surface area contributed by atoms with Crippen molar-refractivity contribution < 1.29 is 0 Å². The predicted molar refractivity (Wildman–Crippen MR) is 75.0 cm³/mol. The van der Waals surface area contributed by atoms with E-state index in [1.807, 2.05) is 6.20 Å². The molecule has 1 aliphatic rings. The van der Waals surface area contributed by atoms with Crippen molar-refractivity contribution in [1.82, 2.24) is 5.32 Å². The lowest BCUT2D eigenvalue weighted by molar-refractivity contribution is 0.345. The molecule has 0 aromatic heterocycles. The summed E-state index contributed by atoms with van der Waals surface area (Å²) in [5.74, 6) is 2.17. The van der Waals surface area contributed by atoms with Crippen LogP contribution in [0.1, 0.15) is 47.0 Å². The van der Waals surface area contributed by atoms with Crippen molar-refractivity contribution in [3.63, 3.8) is 0 Å². The van der Waals surface area contributed by atoms with Crippen LogP contribution in [0.5, 0.6) is 0 Å². The fourth-order valence-corrected chi connectivity index (χ4v) is 2.01. The molecule has 0 fully saturated rings. The minimum atomic E-state index is 0.560. The van der Waals surface area contributed by atoms with E-state index >= 15 is 0 Å². The van der Waals surface area contributed by atoms with Gasteiger partial charge in [0.05, 0.1) is 5.84 Å². The lowest BCUT2D eigenvalue weighted by atomic mass is 9.87. The van der Waals surface area contributed by atoms with Crippen LogP contribution in [0, 0.1) is 11.8 Å². The van der Waals surface area contributed by atoms with Crippen LogP contribution >= 0.6 is 0 Å². The van der Waals surface area contributed by atoms with E-state index in [2.05, 4.69) is 38.0 Å². The Kier molecular flexibility index (Phi) is 5.69. The molecular formula is C14H27N3. The van der Waals surface area contributed by atoms with Crippen LogP contribution in [-0.4, -0.2) is 18.4 Å². The molecule has 3 N–H and O–H groups in total. The summed E-state index contributed by atoms with van der Waals surface area (Å²) in [6.45, 7) is 10.1. The molecule has 0 saturated heterocycles. The summed E-state index contributed by atoms with van der Waals surface area (Å²) in [7, 11) is 0. The first-order chi connectivity index (χ1) is 7.99. The number of rotatable bonds is 6. The number of aliphatic imine (C=N–C) groups is 1. The molecule has 1 heterocycles. The molecular weight excluding hydrogens is 210 g/mol. The van der Waals surface area contributed by atoms with Gasteiger partial charge in [0, 0.05) is 18.7 Å². The summed E-state index contributed by atoms with van der Waals surface area (Å²) >= 11 is 0. The molecule has 1 unspecified atom stereocenters. The fourth-order valence-electron chi connectivity index (χ4n) is 2.01. The molecule has 0 aromatic carbocycles. The van der Waals surface area contributed by atoms with Gasteiger partial charge in [-0.15, -0.1) is 0 Å². The van der Waals surface area contributed by atoms with E-state index in [9.17, 15) is 0 Å². The van der Waals surface area contributed by atoms with Crippen molar-refractivity contribution in [2.45, 2.75) is 53.0 Å². The fraction of sp³-hybridized carbons (Fsp3) is 0.786. The van der Waals surface area contributed by atoms with E-state index in [-0.39, 0.29) is 0 Å². The zero-order valence-corrected chi connectivity index (χ0v) is 11.7. The molecule has 0 amide bonds. The van der Waals surface area contributed by atoms with E-state index in [0.717, 1.165) is 31.6 Å². The maximum absolute atomic E-state index is 5.68. The Morgan fingerprint density at radius 2 is 2.00 bits per heavy atom. The van der Waals surface area contributed by atoms with E-state index in [4.69, 9.17) is 5.73 Å². The van der Waals surface area contributed by atoms with Crippen molar-refractivity contribution in [3.8, 4) is 0 Å². The maximum atomic E-state index is 5.68. The van der Waals surface area contributed by atoms with Gasteiger partial charge in [-0.1, -0.05) is 33.3 Å². The quantitative estimate of drug-likeness (QED) is 0.746. The van der Waals surface area contributed by atoms with Gasteiger partial charge in [0.1, 0.15) is 0 Å². The first kappa shape index (κ1) is 14.2. The van der Waals surface area contributed by atoms with Gasteiger partial charge in [-0.3, -0.25) is 0 Å². The second-order valence-electron chi connectivity index (χ2n) is 5.68. The van der Waals surface area contributed by atoms with E-state index in [0.29, 0.717) is 17.9 Å². The third-order valence-corrected chi connectivity index (χ3v) is 3.37. The van der Waals surface area contributed by atoms with Crippen molar-refractivity contribution in [3.05, 3.63) is 11.8 Å². The molecule has 0 radical (unpaired) electrons. The normalized spacial score (nSPS) is 18.2. The Morgan fingerprint density at radius 1 is 1.29 bits per heavy atom. The second-order valence-corrected chi connectivity index (χ2v) is 5.68. The predicted octanol–water partition coefficient (Wildman–Crippen LogP) is 2.68. The highest BCUT2D eigenvalue weighted by Crippen LogP contribution is 2.24. The topological polar surface area (TPSA) is 50.4 Å². The smallest absolute Gasteiger partial charge is 0.0992 e. The molecule has 1 aliphatic heterocycles. The van der Waals surface area contributed by atoms with Crippen LogP contribution < -0.4 is 11.1 Å². The summed E-state index contributed by atoms with van der Waals surface area (Å²) in [6, 6.07) is 0.560. The highest BCUT2D eigenvalue weighted by atomic mass is 14.9. The summed E-state index contributed by atoms with van der Waals surface area (Å²) in [6.07, 6.45) is 5.13. The molecule has 1 rings (SSSR count). The number of hydrogen-bond acceptors (Lipinski definition) is 3. The van der Waals surface area contributed by atoms with E-state index in [1.54, 1.807) is 0 Å². The molecule has 98 valence electrons.